The van der Waals surface area contributed by atoms with E-state index in [9.17, 15) is 4.79 Å². The van der Waals surface area contributed by atoms with E-state index in [1.165, 1.54) is 6.07 Å². The quantitative estimate of drug-likeness (QED) is 0.536. The molecule has 3 aromatic rings. The molecule has 0 spiro atoms. The summed E-state index contributed by atoms with van der Waals surface area (Å²) >= 11 is 0. The Balaban J connectivity index is 1.50. The van der Waals surface area contributed by atoms with Crippen LogP contribution in [0.1, 0.15) is 39.3 Å². The number of carbonyl (C=O) groups excluding carboxylic acids is 1. The van der Waals surface area contributed by atoms with E-state index in [4.69, 9.17) is 14.8 Å². The van der Waals surface area contributed by atoms with Crippen molar-refractivity contribution in [2.75, 3.05) is 63.1 Å². The number of imidazole rings is 1. The van der Waals surface area contributed by atoms with Crippen molar-refractivity contribution in [3.8, 4) is 11.5 Å². The monoisotopic (exact) mass is 498 g/mol. The van der Waals surface area contributed by atoms with E-state index in [1.54, 1.807) is 21.8 Å². The number of nitrogens with zero attached hydrogens (tertiary/aromatic N) is 6. The molecule has 2 fully saturated rings. The van der Waals surface area contributed by atoms with Crippen LogP contribution in [0.3, 0.4) is 0 Å². The molecule has 0 bridgehead atoms. The number of nitrogens with one attached hydrogen (secondary N) is 2. The van der Waals surface area contributed by atoms with Crippen molar-refractivity contribution >= 4 is 28.4 Å². The van der Waals surface area contributed by atoms with Gasteiger partial charge in [-0.2, -0.15) is 5.10 Å². The number of hydrogen-bond donors (Lipinski definition) is 2. The number of aromatic nitrogens is 4. The predicted molar refractivity (Wildman–Crippen MR) is 138 cm³/mol. The van der Waals surface area contributed by atoms with Crippen molar-refractivity contribution in [3.05, 3.63) is 24.1 Å². The Morgan fingerprint density at radius 2 is 2.00 bits per heavy atom. The molecule has 10 nitrogen and oxygen atoms in total. The molecule has 2 N–H and O–H groups in total. The number of hydrogen-bond acceptors (Lipinski definition) is 6. The Kier molecular flexibility index (Phi) is 7.10. The van der Waals surface area contributed by atoms with Crippen molar-refractivity contribution in [3.63, 3.8) is 0 Å². The number of benzene rings is 1. The minimum Gasteiger partial charge on any atom is -0.367 e. The van der Waals surface area contributed by atoms with Crippen molar-refractivity contribution in [2.24, 2.45) is 0 Å². The van der Waals surface area contributed by atoms with Gasteiger partial charge in [-0.15, -0.1) is 0 Å². The van der Waals surface area contributed by atoms with Gasteiger partial charge in [0, 0.05) is 51.9 Å². The second-order valence-electron chi connectivity index (χ2n) is 9.49. The minimum atomic E-state index is -0.279. The lowest BCUT2D eigenvalue weighted by molar-refractivity contribution is -0.0393. The van der Waals surface area contributed by atoms with Crippen LogP contribution in [0.15, 0.2) is 18.3 Å². The summed E-state index contributed by atoms with van der Waals surface area (Å²) in [6, 6.07) is 3.09. The van der Waals surface area contributed by atoms with E-state index < -0.39 is 0 Å². The van der Waals surface area contributed by atoms with Gasteiger partial charge in [0.25, 0.3) is 0 Å². The first kappa shape index (κ1) is 24.5. The number of ether oxygens (including phenoxy) is 1. The Hall–Kier alpha value is -3.18. The second-order valence-corrected chi connectivity index (χ2v) is 9.49. The molecule has 0 aliphatic carbocycles. The zero-order valence-corrected chi connectivity index (χ0v) is 21.3. The molecular weight excluding hydrogens is 463 g/mol. The summed E-state index contributed by atoms with van der Waals surface area (Å²) < 4.78 is 22.8. The fourth-order valence-electron chi connectivity index (χ4n) is 4.86. The van der Waals surface area contributed by atoms with Gasteiger partial charge in [-0.1, -0.05) is 0 Å². The Bertz CT molecular complexity index is 1210. The number of halogens is 1. The largest absolute Gasteiger partial charge is 0.367 e. The first-order chi connectivity index (χ1) is 17.5. The zero-order valence-electron chi connectivity index (χ0n) is 21.3. The van der Waals surface area contributed by atoms with E-state index in [2.05, 4.69) is 27.1 Å². The average Bonchev–Trinajstić information content (AvgIpc) is 3.49. The molecule has 0 radical (unpaired) electrons. The Morgan fingerprint density at radius 3 is 2.69 bits per heavy atom. The normalized spacial score (nSPS) is 19.1. The predicted octanol–water partition coefficient (Wildman–Crippen LogP) is 3.89. The van der Waals surface area contributed by atoms with Crippen LogP contribution in [0.5, 0.6) is 0 Å². The van der Waals surface area contributed by atoms with Gasteiger partial charge in [0.15, 0.2) is 11.5 Å². The van der Waals surface area contributed by atoms with E-state index in [0.29, 0.717) is 53.6 Å². The summed E-state index contributed by atoms with van der Waals surface area (Å²) in [5.41, 5.74) is 2.85. The highest BCUT2D eigenvalue weighted by Gasteiger charge is 2.25. The van der Waals surface area contributed by atoms with Crippen LogP contribution in [0.4, 0.5) is 20.6 Å². The summed E-state index contributed by atoms with van der Waals surface area (Å²) in [6.07, 6.45) is 4.55. The molecule has 2 aliphatic heterocycles. The van der Waals surface area contributed by atoms with E-state index in [0.717, 1.165) is 45.4 Å². The molecule has 1 aromatic carbocycles. The number of amides is 2. The van der Waals surface area contributed by atoms with Gasteiger partial charge >= 0.3 is 6.03 Å². The SMILES string of the molecule is CCN(CC)C(=O)Nc1cn(C2CCCCO2)nc1-c1nc2cc(N3CCN(C)CC3)c(F)cc2[nH]1. The minimum absolute atomic E-state index is 0.192. The molecule has 194 valence electrons. The lowest BCUT2D eigenvalue weighted by Crippen LogP contribution is -2.44. The van der Waals surface area contributed by atoms with Gasteiger partial charge in [-0.05, 0) is 46.2 Å². The molecule has 0 saturated carbocycles. The number of H-pyrrole nitrogens is 1. The third-order valence-corrected chi connectivity index (χ3v) is 7.09. The first-order valence-electron chi connectivity index (χ1n) is 12.9. The maximum absolute atomic E-state index is 15.1. The third kappa shape index (κ3) is 4.90. The number of likely N-dealkylation sites (N-methyl/N-ethyl adjacent to an activating group) is 1. The van der Waals surface area contributed by atoms with Gasteiger partial charge < -0.3 is 29.7 Å². The van der Waals surface area contributed by atoms with Crippen molar-refractivity contribution in [1.82, 2.24) is 29.5 Å². The molecule has 1 unspecified atom stereocenters. The number of piperazine rings is 1. The number of aromatic amines is 1. The number of carbonyl (C=O) groups is 1. The number of rotatable bonds is 6. The summed E-state index contributed by atoms with van der Waals surface area (Å²) in [4.78, 5) is 26.8. The number of fused-ring (bicyclic) bond motifs is 1. The van der Waals surface area contributed by atoms with Crippen LogP contribution >= 0.6 is 0 Å². The first-order valence-corrected chi connectivity index (χ1v) is 12.9. The molecular formula is C25H35FN8O2. The molecule has 36 heavy (non-hydrogen) atoms. The van der Waals surface area contributed by atoms with E-state index in [1.807, 2.05) is 13.8 Å². The van der Waals surface area contributed by atoms with Crippen LogP contribution in [0, 0.1) is 5.82 Å². The molecule has 5 rings (SSSR count). The summed E-state index contributed by atoms with van der Waals surface area (Å²) in [5.74, 6) is 0.197. The van der Waals surface area contributed by atoms with Crippen LogP contribution < -0.4 is 10.2 Å². The maximum atomic E-state index is 15.1. The van der Waals surface area contributed by atoms with Gasteiger partial charge in [-0.25, -0.2) is 18.9 Å². The standard InChI is InChI=1S/C25H35FN8O2/c1-4-32(5-2)25(35)29-20-16-34(22-8-6-7-13-36-22)30-23(20)24-27-18-14-17(26)21(15-19(18)28-24)33-11-9-31(3)10-12-33/h14-16,22H,4-13H2,1-3H3,(H,27,28)(H,29,35). The summed E-state index contributed by atoms with van der Waals surface area (Å²) in [5, 5.41) is 7.76. The summed E-state index contributed by atoms with van der Waals surface area (Å²) in [6.45, 7) is 9.06. The van der Waals surface area contributed by atoms with Gasteiger partial charge in [0.05, 0.1) is 28.6 Å². The fraction of sp³-hybridized carbons (Fsp3) is 0.560. The van der Waals surface area contributed by atoms with Crippen molar-refractivity contribution < 1.29 is 13.9 Å². The van der Waals surface area contributed by atoms with E-state index in [-0.39, 0.29) is 18.1 Å². The second kappa shape index (κ2) is 10.4. The summed E-state index contributed by atoms with van der Waals surface area (Å²) in [7, 11) is 2.07. The van der Waals surface area contributed by atoms with Crippen molar-refractivity contribution in [2.45, 2.75) is 39.3 Å². The number of urea groups is 1. The van der Waals surface area contributed by atoms with E-state index >= 15 is 4.39 Å². The van der Waals surface area contributed by atoms with Crippen LogP contribution in [-0.2, 0) is 4.74 Å². The lowest BCUT2D eigenvalue weighted by Gasteiger charge is -2.34. The third-order valence-electron chi connectivity index (χ3n) is 7.09. The van der Waals surface area contributed by atoms with Crippen LogP contribution in [0.25, 0.3) is 22.6 Å². The fourth-order valence-corrected chi connectivity index (χ4v) is 4.86. The van der Waals surface area contributed by atoms with Crippen molar-refractivity contribution in [1.29, 1.82) is 0 Å². The topological polar surface area (TPSA) is 94.5 Å². The number of anilines is 2. The average molecular weight is 499 g/mol. The molecule has 1 atom stereocenters. The molecule has 2 aliphatic rings. The Labute approximate surface area is 210 Å². The molecule has 4 heterocycles. The Morgan fingerprint density at radius 1 is 1.22 bits per heavy atom. The van der Waals surface area contributed by atoms with Gasteiger partial charge in [0.1, 0.15) is 12.0 Å². The van der Waals surface area contributed by atoms with Crippen LogP contribution in [0.2, 0.25) is 0 Å². The van der Waals surface area contributed by atoms with Gasteiger partial charge in [0.2, 0.25) is 0 Å². The molecule has 11 heteroatoms. The van der Waals surface area contributed by atoms with Crippen LogP contribution in [-0.4, -0.2) is 88.5 Å². The molecule has 2 aromatic heterocycles. The molecule has 2 saturated heterocycles. The van der Waals surface area contributed by atoms with Gasteiger partial charge in [-0.3, -0.25) is 0 Å². The smallest absolute Gasteiger partial charge is 0.321 e. The highest BCUT2D eigenvalue weighted by Crippen LogP contribution is 2.32. The maximum Gasteiger partial charge on any atom is 0.321 e. The lowest BCUT2D eigenvalue weighted by atomic mass is 10.2. The molecule has 2 amide bonds. The highest BCUT2D eigenvalue weighted by molar-refractivity contribution is 5.93. The highest BCUT2D eigenvalue weighted by atomic mass is 19.1. The zero-order chi connectivity index (χ0) is 25.2.